The van der Waals surface area contributed by atoms with Crippen molar-refractivity contribution >= 4 is 45.2 Å². The minimum Gasteiger partial charge on any atom is -0.385 e. The van der Waals surface area contributed by atoms with E-state index in [9.17, 15) is 0 Å². The first kappa shape index (κ1) is 14.1. The SMILES string of the molecule is COCCC(C)n1c(CCl)nc2cc(I)ccc21. The third-order valence-corrected chi connectivity index (χ3v) is 3.93. The average Bonchev–Trinajstić information content (AvgIpc) is 2.73. The van der Waals surface area contributed by atoms with Gasteiger partial charge in [-0.3, -0.25) is 0 Å². The van der Waals surface area contributed by atoms with Gasteiger partial charge < -0.3 is 9.30 Å². The second-order valence-corrected chi connectivity index (χ2v) is 5.81. The molecular formula is C13H16ClIN2O. The Labute approximate surface area is 126 Å². The molecule has 0 amide bonds. The summed E-state index contributed by atoms with van der Waals surface area (Å²) in [7, 11) is 1.73. The van der Waals surface area contributed by atoms with Crippen LogP contribution in [0.5, 0.6) is 0 Å². The number of hydrogen-bond acceptors (Lipinski definition) is 2. The molecule has 0 aliphatic carbocycles. The molecule has 1 unspecified atom stereocenters. The van der Waals surface area contributed by atoms with Crippen molar-refractivity contribution in [3.8, 4) is 0 Å². The molecule has 0 saturated carbocycles. The normalized spacial score (nSPS) is 13.1. The fourth-order valence-electron chi connectivity index (χ4n) is 2.13. The highest BCUT2D eigenvalue weighted by atomic mass is 127. The number of benzene rings is 1. The molecule has 0 aliphatic heterocycles. The van der Waals surface area contributed by atoms with Crippen LogP contribution < -0.4 is 0 Å². The Kier molecular flexibility index (Phi) is 4.86. The number of nitrogens with zero attached hydrogens (tertiary/aromatic N) is 2. The number of methoxy groups -OCH3 is 1. The van der Waals surface area contributed by atoms with Crippen molar-refractivity contribution in [1.29, 1.82) is 0 Å². The first-order valence-electron chi connectivity index (χ1n) is 5.88. The molecule has 5 heteroatoms. The van der Waals surface area contributed by atoms with Crippen molar-refractivity contribution < 1.29 is 4.74 Å². The molecule has 0 fully saturated rings. The third-order valence-electron chi connectivity index (χ3n) is 3.02. The number of rotatable bonds is 5. The second-order valence-electron chi connectivity index (χ2n) is 4.30. The van der Waals surface area contributed by atoms with Crippen LogP contribution in [0.1, 0.15) is 25.2 Å². The van der Waals surface area contributed by atoms with E-state index in [1.54, 1.807) is 7.11 Å². The number of imidazole rings is 1. The van der Waals surface area contributed by atoms with E-state index in [0.29, 0.717) is 11.9 Å². The van der Waals surface area contributed by atoms with Gasteiger partial charge in [-0.25, -0.2) is 4.98 Å². The van der Waals surface area contributed by atoms with Crippen molar-refractivity contribution in [2.75, 3.05) is 13.7 Å². The molecular weight excluding hydrogens is 363 g/mol. The Morgan fingerprint density at radius 1 is 1.50 bits per heavy atom. The van der Waals surface area contributed by atoms with Crippen molar-refractivity contribution in [3.05, 3.63) is 27.6 Å². The molecule has 0 radical (unpaired) electrons. The topological polar surface area (TPSA) is 27.1 Å². The Hall–Kier alpha value is -0.330. The van der Waals surface area contributed by atoms with Gasteiger partial charge in [0, 0.05) is 23.3 Å². The number of halogens is 2. The van der Waals surface area contributed by atoms with Crippen LogP contribution in [-0.2, 0) is 10.6 Å². The minimum absolute atomic E-state index is 0.337. The lowest BCUT2D eigenvalue weighted by atomic mass is 10.2. The summed E-state index contributed by atoms with van der Waals surface area (Å²) in [6.45, 7) is 2.92. The molecule has 18 heavy (non-hydrogen) atoms. The molecule has 0 N–H and O–H groups in total. The average molecular weight is 379 g/mol. The number of aromatic nitrogens is 2. The maximum Gasteiger partial charge on any atom is 0.125 e. The van der Waals surface area contributed by atoms with Crippen LogP contribution in [0, 0.1) is 3.57 Å². The van der Waals surface area contributed by atoms with Gasteiger partial charge in [-0.2, -0.15) is 0 Å². The second kappa shape index (κ2) is 6.21. The first-order chi connectivity index (χ1) is 8.67. The van der Waals surface area contributed by atoms with Gasteiger partial charge in [0.2, 0.25) is 0 Å². The summed E-state index contributed by atoms with van der Waals surface area (Å²) in [6.07, 6.45) is 0.956. The number of hydrogen-bond donors (Lipinski definition) is 0. The lowest BCUT2D eigenvalue weighted by molar-refractivity contribution is 0.181. The molecule has 98 valence electrons. The van der Waals surface area contributed by atoms with Crippen LogP contribution in [0.4, 0.5) is 0 Å². The highest BCUT2D eigenvalue weighted by Gasteiger charge is 2.15. The third kappa shape index (κ3) is 2.81. The smallest absolute Gasteiger partial charge is 0.125 e. The van der Waals surface area contributed by atoms with E-state index in [-0.39, 0.29) is 0 Å². The fourth-order valence-corrected chi connectivity index (χ4v) is 2.79. The van der Waals surface area contributed by atoms with Gasteiger partial charge in [0.15, 0.2) is 0 Å². The van der Waals surface area contributed by atoms with E-state index in [1.807, 2.05) is 0 Å². The largest absolute Gasteiger partial charge is 0.385 e. The zero-order valence-electron chi connectivity index (χ0n) is 10.5. The van der Waals surface area contributed by atoms with Crippen LogP contribution in [0.2, 0.25) is 0 Å². The number of ether oxygens (including phenoxy) is 1. The highest BCUT2D eigenvalue weighted by molar-refractivity contribution is 14.1. The van der Waals surface area contributed by atoms with E-state index in [0.717, 1.165) is 29.9 Å². The van der Waals surface area contributed by atoms with Crippen molar-refractivity contribution in [3.63, 3.8) is 0 Å². The Morgan fingerprint density at radius 2 is 2.28 bits per heavy atom. The van der Waals surface area contributed by atoms with Gasteiger partial charge in [-0.1, -0.05) is 0 Å². The number of alkyl halides is 1. The molecule has 1 aromatic carbocycles. The van der Waals surface area contributed by atoms with E-state index in [1.165, 1.54) is 3.57 Å². The summed E-state index contributed by atoms with van der Waals surface area (Å²) < 4.78 is 8.56. The van der Waals surface area contributed by atoms with Crippen LogP contribution in [0.3, 0.4) is 0 Å². The summed E-state index contributed by atoms with van der Waals surface area (Å²) >= 11 is 8.30. The zero-order chi connectivity index (χ0) is 13.1. The van der Waals surface area contributed by atoms with E-state index in [2.05, 4.69) is 57.3 Å². The first-order valence-corrected chi connectivity index (χ1v) is 7.50. The van der Waals surface area contributed by atoms with Crippen LogP contribution in [0.15, 0.2) is 18.2 Å². The molecule has 0 spiro atoms. The molecule has 0 bridgehead atoms. The quantitative estimate of drug-likeness (QED) is 0.581. The van der Waals surface area contributed by atoms with E-state index >= 15 is 0 Å². The highest BCUT2D eigenvalue weighted by Crippen LogP contribution is 2.25. The summed E-state index contributed by atoms with van der Waals surface area (Å²) in [5.41, 5.74) is 2.16. The maximum absolute atomic E-state index is 6.00. The minimum atomic E-state index is 0.337. The molecule has 1 atom stereocenters. The fraction of sp³-hybridized carbons (Fsp3) is 0.462. The Balaban J connectivity index is 2.46. The van der Waals surface area contributed by atoms with Crippen LogP contribution in [0.25, 0.3) is 11.0 Å². The van der Waals surface area contributed by atoms with E-state index in [4.69, 9.17) is 16.3 Å². The molecule has 1 heterocycles. The zero-order valence-corrected chi connectivity index (χ0v) is 13.4. The summed E-state index contributed by atoms with van der Waals surface area (Å²) in [5, 5.41) is 0. The van der Waals surface area contributed by atoms with Gasteiger partial charge in [-0.15, -0.1) is 11.6 Å². The standard InChI is InChI=1S/C13H16ClIN2O/c1-9(5-6-18-2)17-12-4-3-10(15)7-11(12)16-13(17)8-14/h3-4,7,9H,5-6,8H2,1-2H3. The molecule has 2 rings (SSSR count). The summed E-state index contributed by atoms with van der Waals surface area (Å²) in [4.78, 5) is 4.61. The monoisotopic (exact) mass is 378 g/mol. The molecule has 2 aromatic rings. The predicted molar refractivity (Wildman–Crippen MR) is 83.2 cm³/mol. The predicted octanol–water partition coefficient (Wildman–Crippen LogP) is 3.98. The molecule has 0 saturated heterocycles. The van der Waals surface area contributed by atoms with Gasteiger partial charge in [0.1, 0.15) is 5.82 Å². The van der Waals surface area contributed by atoms with Gasteiger partial charge in [0.25, 0.3) is 0 Å². The summed E-state index contributed by atoms with van der Waals surface area (Å²) in [5.74, 6) is 1.36. The molecule has 3 nitrogen and oxygen atoms in total. The van der Waals surface area contributed by atoms with Crippen LogP contribution >= 0.6 is 34.2 Å². The summed E-state index contributed by atoms with van der Waals surface area (Å²) in [6, 6.07) is 6.64. The maximum atomic E-state index is 6.00. The number of fused-ring (bicyclic) bond motifs is 1. The van der Waals surface area contributed by atoms with Gasteiger partial charge in [0.05, 0.1) is 16.9 Å². The lowest BCUT2D eigenvalue weighted by Gasteiger charge is -2.16. The molecule has 0 aliphatic rings. The molecule has 1 aromatic heterocycles. The van der Waals surface area contributed by atoms with Crippen molar-refractivity contribution in [2.24, 2.45) is 0 Å². The van der Waals surface area contributed by atoms with Gasteiger partial charge >= 0.3 is 0 Å². The van der Waals surface area contributed by atoms with Crippen molar-refractivity contribution in [1.82, 2.24) is 9.55 Å². The van der Waals surface area contributed by atoms with Crippen LogP contribution in [-0.4, -0.2) is 23.3 Å². The van der Waals surface area contributed by atoms with Gasteiger partial charge in [-0.05, 0) is 54.1 Å². The Bertz CT molecular complexity index is 541. The lowest BCUT2D eigenvalue weighted by Crippen LogP contribution is -2.10. The van der Waals surface area contributed by atoms with Crippen molar-refractivity contribution in [2.45, 2.75) is 25.3 Å². The Morgan fingerprint density at radius 3 is 2.94 bits per heavy atom. The van der Waals surface area contributed by atoms with E-state index < -0.39 is 0 Å².